The van der Waals surface area contributed by atoms with E-state index in [0.717, 1.165) is 16.3 Å². The molecular weight excluding hydrogens is 524 g/mol. The summed E-state index contributed by atoms with van der Waals surface area (Å²) in [5.74, 6) is -0.0831. The van der Waals surface area contributed by atoms with Crippen LogP contribution in [0.3, 0.4) is 0 Å². The molecule has 0 spiro atoms. The monoisotopic (exact) mass is 558 g/mol. The lowest BCUT2D eigenvalue weighted by atomic mass is 10.1. The van der Waals surface area contributed by atoms with Crippen molar-refractivity contribution in [2.45, 2.75) is 62.7 Å². The molecule has 1 saturated heterocycles. The average molecular weight is 559 g/mol. The smallest absolute Gasteiger partial charge is 0.407 e. The molecule has 0 saturated carbocycles. The molecule has 0 aliphatic carbocycles. The molecule has 5 rings (SSSR count). The molecule has 2 heterocycles. The fourth-order valence-corrected chi connectivity index (χ4v) is 6.21. The van der Waals surface area contributed by atoms with Gasteiger partial charge in [-0.15, -0.1) is 0 Å². The van der Waals surface area contributed by atoms with E-state index in [1.165, 1.54) is 11.8 Å². The SMILES string of the molecule is CCn1c(SC(C(=O)N2CC[C@H](NC(=O)OC(C)(C)C)C2)c2ccccc2)nc2cc3ccccc3cc2c1=O. The van der Waals surface area contributed by atoms with Gasteiger partial charge >= 0.3 is 6.09 Å². The van der Waals surface area contributed by atoms with Crippen LogP contribution in [0.1, 0.15) is 44.9 Å². The van der Waals surface area contributed by atoms with Gasteiger partial charge in [-0.25, -0.2) is 9.78 Å². The maximum Gasteiger partial charge on any atom is 0.407 e. The van der Waals surface area contributed by atoms with Crippen molar-refractivity contribution >= 4 is 45.4 Å². The van der Waals surface area contributed by atoms with E-state index in [0.29, 0.717) is 42.1 Å². The van der Waals surface area contributed by atoms with Crippen LogP contribution in [0, 0.1) is 0 Å². The number of nitrogens with one attached hydrogen (secondary N) is 1. The number of amides is 2. The van der Waals surface area contributed by atoms with Crippen molar-refractivity contribution < 1.29 is 14.3 Å². The molecule has 0 bridgehead atoms. The summed E-state index contributed by atoms with van der Waals surface area (Å²) >= 11 is 1.29. The Kier molecular flexibility index (Phi) is 7.85. The highest BCUT2D eigenvalue weighted by Gasteiger charge is 2.34. The molecule has 1 fully saturated rings. The summed E-state index contributed by atoms with van der Waals surface area (Å²) in [6, 6.07) is 21.1. The third-order valence-corrected chi connectivity index (χ3v) is 8.11. The number of carbonyl (C=O) groups excluding carboxylic acids is 2. The Bertz CT molecular complexity index is 1610. The van der Waals surface area contributed by atoms with Crippen molar-refractivity contribution in [3.05, 3.63) is 82.6 Å². The Morgan fingerprint density at radius 1 is 1.07 bits per heavy atom. The van der Waals surface area contributed by atoms with E-state index in [9.17, 15) is 14.4 Å². The van der Waals surface area contributed by atoms with Crippen molar-refractivity contribution in [1.82, 2.24) is 19.8 Å². The van der Waals surface area contributed by atoms with Crippen molar-refractivity contribution in [2.24, 2.45) is 0 Å². The number of nitrogens with zero attached hydrogens (tertiary/aromatic N) is 3. The van der Waals surface area contributed by atoms with Gasteiger partial charge in [-0.05, 0) is 62.6 Å². The van der Waals surface area contributed by atoms with Gasteiger partial charge in [-0.3, -0.25) is 14.2 Å². The van der Waals surface area contributed by atoms with Crippen molar-refractivity contribution in [3.8, 4) is 0 Å². The van der Waals surface area contributed by atoms with Gasteiger partial charge in [-0.1, -0.05) is 66.4 Å². The van der Waals surface area contributed by atoms with E-state index in [-0.39, 0.29) is 17.5 Å². The first-order valence-corrected chi connectivity index (χ1v) is 14.4. The topological polar surface area (TPSA) is 93.5 Å². The summed E-state index contributed by atoms with van der Waals surface area (Å²) in [4.78, 5) is 46.5. The van der Waals surface area contributed by atoms with E-state index >= 15 is 0 Å². The molecular formula is C31H34N4O4S. The predicted octanol–water partition coefficient (Wildman–Crippen LogP) is 5.53. The highest BCUT2D eigenvalue weighted by molar-refractivity contribution is 8.00. The molecule has 1 aliphatic rings. The summed E-state index contributed by atoms with van der Waals surface area (Å²) in [6.45, 7) is 8.69. The van der Waals surface area contributed by atoms with Crippen LogP contribution < -0.4 is 10.9 Å². The van der Waals surface area contributed by atoms with Crippen LogP contribution in [0.15, 0.2) is 76.7 Å². The second-order valence-electron chi connectivity index (χ2n) is 11.0. The summed E-state index contributed by atoms with van der Waals surface area (Å²) in [5.41, 5.74) is 0.721. The van der Waals surface area contributed by atoms with Crippen LogP contribution in [0.5, 0.6) is 0 Å². The Balaban J connectivity index is 1.45. The first-order valence-electron chi connectivity index (χ1n) is 13.6. The Labute approximate surface area is 237 Å². The maximum atomic E-state index is 14.0. The first kappa shape index (κ1) is 27.7. The normalized spacial score (nSPS) is 16.3. The van der Waals surface area contributed by atoms with Gasteiger partial charge in [0.25, 0.3) is 5.56 Å². The van der Waals surface area contributed by atoms with Gasteiger partial charge in [0.2, 0.25) is 5.91 Å². The largest absolute Gasteiger partial charge is 0.444 e. The van der Waals surface area contributed by atoms with Crippen molar-refractivity contribution in [3.63, 3.8) is 0 Å². The van der Waals surface area contributed by atoms with E-state index in [1.54, 1.807) is 9.47 Å². The Hall–Kier alpha value is -3.85. The van der Waals surface area contributed by atoms with E-state index in [2.05, 4.69) is 5.32 Å². The molecule has 1 aliphatic heterocycles. The molecule has 1 unspecified atom stereocenters. The highest BCUT2D eigenvalue weighted by Crippen LogP contribution is 2.37. The fraction of sp³-hybridized carbons (Fsp3) is 0.355. The van der Waals surface area contributed by atoms with Gasteiger partial charge in [0.15, 0.2) is 5.16 Å². The zero-order valence-corrected chi connectivity index (χ0v) is 24.0. The minimum absolute atomic E-state index is 0.0831. The van der Waals surface area contributed by atoms with Crippen molar-refractivity contribution in [2.75, 3.05) is 13.1 Å². The minimum Gasteiger partial charge on any atom is -0.444 e. The van der Waals surface area contributed by atoms with Crippen LogP contribution in [0.25, 0.3) is 21.7 Å². The van der Waals surface area contributed by atoms with Gasteiger partial charge < -0.3 is 15.0 Å². The second-order valence-corrected chi connectivity index (χ2v) is 12.1. The number of fused-ring (bicyclic) bond motifs is 2. The predicted molar refractivity (Wildman–Crippen MR) is 159 cm³/mol. The number of rotatable bonds is 6. The van der Waals surface area contributed by atoms with Gasteiger partial charge in [0, 0.05) is 19.6 Å². The minimum atomic E-state index is -0.607. The van der Waals surface area contributed by atoms with Gasteiger partial charge in [0.05, 0.1) is 16.9 Å². The third-order valence-electron chi connectivity index (χ3n) is 6.87. The molecule has 8 nitrogen and oxygen atoms in total. The lowest BCUT2D eigenvalue weighted by Gasteiger charge is -2.25. The van der Waals surface area contributed by atoms with E-state index in [4.69, 9.17) is 9.72 Å². The third kappa shape index (κ3) is 5.99. The van der Waals surface area contributed by atoms with E-state index < -0.39 is 16.9 Å². The molecule has 1 N–H and O–H groups in total. The molecule has 1 aromatic heterocycles. The number of alkyl carbamates (subject to hydrolysis) is 1. The molecule has 208 valence electrons. The number of carbonyl (C=O) groups is 2. The molecule has 4 aromatic rings. The first-order chi connectivity index (χ1) is 19.1. The standard InChI is InChI=1S/C31H34N4O4S/c1-5-35-27(36)24-17-21-13-9-10-14-22(21)18-25(24)33-29(35)40-26(20-11-7-6-8-12-20)28(37)34-16-15-23(19-34)32-30(38)39-31(2,3)4/h6-14,17-18,23,26H,5,15-16,19H2,1-4H3,(H,32,38)/t23-,26?/m0/s1. The fourth-order valence-electron chi connectivity index (χ4n) is 4.97. The number of thioether (sulfide) groups is 1. The maximum absolute atomic E-state index is 14.0. The molecule has 3 aromatic carbocycles. The Morgan fingerprint density at radius 3 is 2.42 bits per heavy atom. The number of ether oxygens (including phenoxy) is 1. The van der Waals surface area contributed by atoms with Crippen LogP contribution >= 0.6 is 11.8 Å². The highest BCUT2D eigenvalue weighted by atomic mass is 32.2. The molecule has 40 heavy (non-hydrogen) atoms. The summed E-state index contributed by atoms with van der Waals surface area (Å²) < 4.78 is 7.03. The lowest BCUT2D eigenvalue weighted by molar-refractivity contribution is -0.129. The quantitative estimate of drug-likeness (QED) is 0.190. The molecule has 9 heteroatoms. The van der Waals surface area contributed by atoms with Crippen LogP contribution in [-0.4, -0.2) is 51.2 Å². The number of likely N-dealkylation sites (tertiary alicyclic amines) is 1. The molecule has 2 amide bonds. The molecule has 2 atom stereocenters. The lowest BCUT2D eigenvalue weighted by Crippen LogP contribution is -2.41. The summed E-state index contributed by atoms with van der Waals surface area (Å²) in [6.07, 6.45) is 0.152. The summed E-state index contributed by atoms with van der Waals surface area (Å²) in [7, 11) is 0. The van der Waals surface area contributed by atoms with Crippen LogP contribution in [0.4, 0.5) is 4.79 Å². The zero-order chi connectivity index (χ0) is 28.4. The van der Waals surface area contributed by atoms with Gasteiger partial charge in [0.1, 0.15) is 10.9 Å². The summed E-state index contributed by atoms with van der Waals surface area (Å²) in [5, 5.41) is 5.33. The Morgan fingerprint density at radius 2 is 1.75 bits per heavy atom. The van der Waals surface area contributed by atoms with E-state index in [1.807, 2.05) is 94.4 Å². The van der Waals surface area contributed by atoms with Crippen LogP contribution in [-0.2, 0) is 16.1 Å². The van der Waals surface area contributed by atoms with Gasteiger partial charge in [-0.2, -0.15) is 0 Å². The zero-order valence-electron chi connectivity index (χ0n) is 23.2. The number of hydrogen-bond donors (Lipinski definition) is 1. The van der Waals surface area contributed by atoms with Crippen molar-refractivity contribution in [1.29, 1.82) is 0 Å². The molecule has 0 radical (unpaired) electrons. The van der Waals surface area contributed by atoms with Crippen LogP contribution in [0.2, 0.25) is 0 Å². The number of aromatic nitrogens is 2. The second kappa shape index (κ2) is 11.3. The number of hydrogen-bond acceptors (Lipinski definition) is 6. The number of benzene rings is 3. The average Bonchev–Trinajstić information content (AvgIpc) is 3.38.